The minimum absolute atomic E-state index is 0.0632. The van der Waals surface area contributed by atoms with E-state index in [0.29, 0.717) is 24.1 Å². The molecule has 0 aromatic heterocycles. The van der Waals surface area contributed by atoms with Gasteiger partial charge < -0.3 is 4.90 Å². The summed E-state index contributed by atoms with van der Waals surface area (Å²) in [6.45, 7) is 4.87. The van der Waals surface area contributed by atoms with Crippen LogP contribution >= 0.6 is 0 Å². The fourth-order valence-corrected chi connectivity index (χ4v) is 2.87. The third-order valence-corrected chi connectivity index (χ3v) is 4.43. The summed E-state index contributed by atoms with van der Waals surface area (Å²) < 4.78 is 23.2. The molecule has 0 bridgehead atoms. The maximum atomic E-state index is 12.6. The molecular weight excluding hydrogens is 274 g/mol. The van der Waals surface area contributed by atoms with E-state index in [1.807, 2.05) is 4.90 Å². The zero-order valence-electron chi connectivity index (χ0n) is 12.2. The second kappa shape index (κ2) is 5.56. The number of rotatable bonds is 5. The molecule has 0 spiro atoms. The van der Waals surface area contributed by atoms with Gasteiger partial charge in [0.15, 0.2) is 9.84 Å². The van der Waals surface area contributed by atoms with Crippen LogP contribution in [-0.4, -0.2) is 38.1 Å². The van der Waals surface area contributed by atoms with Crippen LogP contribution in [0.25, 0.3) is 0 Å². The van der Waals surface area contributed by atoms with Crippen molar-refractivity contribution in [3.63, 3.8) is 0 Å². The lowest BCUT2D eigenvalue weighted by atomic mass is 10.1. The fraction of sp³-hybridized carbons (Fsp3) is 0.533. The number of nitrogens with zero attached hydrogens (tertiary/aromatic N) is 1. The first-order valence-corrected chi connectivity index (χ1v) is 8.79. The van der Waals surface area contributed by atoms with Crippen molar-refractivity contribution in [2.75, 3.05) is 12.8 Å². The summed E-state index contributed by atoms with van der Waals surface area (Å²) in [4.78, 5) is 14.7. The van der Waals surface area contributed by atoms with Crippen molar-refractivity contribution in [3.05, 3.63) is 29.8 Å². The average molecular weight is 295 g/mol. The van der Waals surface area contributed by atoms with Crippen LogP contribution < -0.4 is 0 Å². The molecule has 0 atom stereocenters. The number of hydrogen-bond donors (Lipinski definition) is 0. The van der Waals surface area contributed by atoms with Crippen LogP contribution in [0.2, 0.25) is 0 Å². The Morgan fingerprint density at radius 1 is 1.35 bits per heavy atom. The molecule has 2 rings (SSSR count). The quantitative estimate of drug-likeness (QED) is 0.838. The summed E-state index contributed by atoms with van der Waals surface area (Å²) in [5.74, 6) is 0.337. The number of amides is 1. The minimum atomic E-state index is -3.28. The molecule has 1 aliphatic carbocycles. The maximum Gasteiger partial charge on any atom is 0.254 e. The van der Waals surface area contributed by atoms with E-state index in [1.165, 1.54) is 12.1 Å². The van der Waals surface area contributed by atoms with Crippen LogP contribution in [0, 0.1) is 5.92 Å². The second-order valence-corrected chi connectivity index (χ2v) is 7.90. The van der Waals surface area contributed by atoms with Gasteiger partial charge in [-0.25, -0.2) is 8.42 Å². The molecular formula is C15H21NO3S. The smallest absolute Gasteiger partial charge is 0.254 e. The van der Waals surface area contributed by atoms with Gasteiger partial charge in [0.25, 0.3) is 5.91 Å². The van der Waals surface area contributed by atoms with Gasteiger partial charge in [-0.05, 0) is 37.0 Å². The molecule has 0 aliphatic heterocycles. The maximum absolute atomic E-state index is 12.6. The predicted octanol–water partition coefficient (Wildman–Crippen LogP) is 2.35. The Bertz CT molecular complexity index is 603. The molecule has 0 N–H and O–H groups in total. The molecule has 110 valence electrons. The molecule has 4 nitrogen and oxygen atoms in total. The van der Waals surface area contributed by atoms with Gasteiger partial charge in [-0.1, -0.05) is 19.9 Å². The number of benzene rings is 1. The summed E-state index contributed by atoms with van der Waals surface area (Å²) in [6.07, 6.45) is 3.25. The van der Waals surface area contributed by atoms with Crippen LogP contribution in [-0.2, 0) is 9.84 Å². The fourth-order valence-electron chi connectivity index (χ4n) is 2.20. The zero-order valence-corrected chi connectivity index (χ0v) is 13.0. The van der Waals surface area contributed by atoms with Crippen LogP contribution in [0.5, 0.6) is 0 Å². The molecule has 1 saturated carbocycles. The van der Waals surface area contributed by atoms with Gasteiger partial charge in [-0.15, -0.1) is 0 Å². The lowest BCUT2D eigenvalue weighted by molar-refractivity contribution is 0.0722. The Balaban J connectivity index is 2.27. The molecule has 1 aromatic carbocycles. The Hall–Kier alpha value is -1.36. The van der Waals surface area contributed by atoms with Crippen molar-refractivity contribution in [3.8, 4) is 0 Å². The van der Waals surface area contributed by atoms with E-state index in [1.54, 1.807) is 12.1 Å². The highest BCUT2D eigenvalue weighted by Crippen LogP contribution is 2.29. The van der Waals surface area contributed by atoms with Crippen LogP contribution in [0.15, 0.2) is 29.2 Å². The molecule has 5 heteroatoms. The monoisotopic (exact) mass is 295 g/mol. The molecule has 0 radical (unpaired) electrons. The zero-order chi connectivity index (χ0) is 14.9. The van der Waals surface area contributed by atoms with E-state index in [9.17, 15) is 13.2 Å². The molecule has 0 unspecified atom stereocenters. The van der Waals surface area contributed by atoms with E-state index in [4.69, 9.17) is 0 Å². The van der Waals surface area contributed by atoms with E-state index in [0.717, 1.165) is 19.1 Å². The average Bonchev–Trinajstić information content (AvgIpc) is 3.18. The van der Waals surface area contributed by atoms with Crippen molar-refractivity contribution in [1.82, 2.24) is 4.90 Å². The van der Waals surface area contributed by atoms with Crippen LogP contribution in [0.1, 0.15) is 37.0 Å². The minimum Gasteiger partial charge on any atom is -0.335 e. The Labute approximate surface area is 120 Å². The predicted molar refractivity (Wildman–Crippen MR) is 78.4 cm³/mol. The molecule has 1 aromatic rings. The van der Waals surface area contributed by atoms with E-state index in [-0.39, 0.29) is 10.8 Å². The van der Waals surface area contributed by atoms with Gasteiger partial charge in [0.05, 0.1) is 4.90 Å². The summed E-state index contributed by atoms with van der Waals surface area (Å²) in [5.41, 5.74) is 0.459. The Kier molecular flexibility index (Phi) is 4.18. The Morgan fingerprint density at radius 3 is 2.50 bits per heavy atom. The highest BCUT2D eigenvalue weighted by atomic mass is 32.2. The third kappa shape index (κ3) is 3.60. The van der Waals surface area contributed by atoms with Crippen molar-refractivity contribution in [1.29, 1.82) is 0 Å². The van der Waals surface area contributed by atoms with Gasteiger partial charge in [0, 0.05) is 24.4 Å². The standard InChI is InChI=1S/C15H21NO3S/c1-11(2)10-16(13-7-8-13)15(17)12-5-4-6-14(9-12)20(3,18)19/h4-6,9,11,13H,7-8,10H2,1-3H3. The van der Waals surface area contributed by atoms with E-state index in [2.05, 4.69) is 13.8 Å². The number of hydrogen-bond acceptors (Lipinski definition) is 3. The topological polar surface area (TPSA) is 54.5 Å². The summed E-state index contributed by atoms with van der Waals surface area (Å²) >= 11 is 0. The van der Waals surface area contributed by atoms with Crippen LogP contribution in [0.4, 0.5) is 0 Å². The summed E-state index contributed by atoms with van der Waals surface area (Å²) in [5, 5.41) is 0. The largest absolute Gasteiger partial charge is 0.335 e. The first-order valence-electron chi connectivity index (χ1n) is 6.90. The van der Waals surface area contributed by atoms with E-state index < -0.39 is 9.84 Å². The second-order valence-electron chi connectivity index (χ2n) is 5.88. The van der Waals surface area contributed by atoms with Gasteiger partial charge in [0.2, 0.25) is 0 Å². The van der Waals surface area contributed by atoms with E-state index >= 15 is 0 Å². The third-order valence-electron chi connectivity index (χ3n) is 3.32. The first kappa shape index (κ1) is 15.0. The van der Waals surface area contributed by atoms with Gasteiger partial charge in [-0.2, -0.15) is 0 Å². The van der Waals surface area contributed by atoms with Gasteiger partial charge in [0.1, 0.15) is 0 Å². The van der Waals surface area contributed by atoms with Crippen LogP contribution in [0.3, 0.4) is 0 Å². The first-order chi connectivity index (χ1) is 9.29. The summed E-state index contributed by atoms with van der Waals surface area (Å²) in [6, 6.07) is 6.65. The SMILES string of the molecule is CC(C)CN(C(=O)c1cccc(S(C)(=O)=O)c1)C1CC1. The van der Waals surface area contributed by atoms with Crippen molar-refractivity contribution >= 4 is 15.7 Å². The molecule has 20 heavy (non-hydrogen) atoms. The molecule has 0 saturated heterocycles. The van der Waals surface area contributed by atoms with Gasteiger partial charge in [-0.3, -0.25) is 4.79 Å². The van der Waals surface area contributed by atoms with Crippen molar-refractivity contribution in [2.45, 2.75) is 37.6 Å². The molecule has 1 fully saturated rings. The highest BCUT2D eigenvalue weighted by Gasteiger charge is 2.33. The molecule has 0 heterocycles. The Morgan fingerprint density at radius 2 is 2.00 bits per heavy atom. The van der Waals surface area contributed by atoms with Crippen molar-refractivity contribution in [2.24, 2.45) is 5.92 Å². The van der Waals surface area contributed by atoms with Gasteiger partial charge >= 0.3 is 0 Å². The molecule has 1 aliphatic rings. The lowest BCUT2D eigenvalue weighted by Gasteiger charge is -2.24. The number of carbonyl (C=O) groups is 1. The molecule has 1 amide bonds. The summed E-state index contributed by atoms with van der Waals surface area (Å²) in [7, 11) is -3.28. The normalized spacial score (nSPS) is 15.4. The highest BCUT2D eigenvalue weighted by molar-refractivity contribution is 7.90. The lowest BCUT2D eigenvalue weighted by Crippen LogP contribution is -2.36. The number of sulfone groups is 1. The number of carbonyl (C=O) groups excluding carboxylic acids is 1. The van der Waals surface area contributed by atoms with Crippen molar-refractivity contribution < 1.29 is 13.2 Å².